The van der Waals surface area contributed by atoms with Crippen molar-refractivity contribution in [2.45, 2.75) is 51.7 Å². The lowest BCUT2D eigenvalue weighted by Gasteiger charge is -2.35. The van der Waals surface area contributed by atoms with Crippen LogP contribution < -0.4 is 10.5 Å². The first kappa shape index (κ1) is 17.1. The first-order valence-electron chi connectivity index (χ1n) is 9.49. The van der Waals surface area contributed by atoms with Gasteiger partial charge in [0.25, 0.3) is 5.56 Å². The highest BCUT2D eigenvalue weighted by Crippen LogP contribution is 2.23. The summed E-state index contributed by atoms with van der Waals surface area (Å²) in [6.07, 6.45) is 4.27. The second-order valence-electron chi connectivity index (χ2n) is 7.48. The predicted octanol–water partition coefficient (Wildman–Crippen LogP) is 2.41. The number of aromatic hydroxyl groups is 1. The summed E-state index contributed by atoms with van der Waals surface area (Å²) in [7, 11) is 0. The molecule has 1 atom stereocenters. The molecule has 0 aliphatic carbocycles. The van der Waals surface area contributed by atoms with Crippen molar-refractivity contribution in [3.63, 3.8) is 0 Å². The second kappa shape index (κ2) is 7.11. The molecule has 6 heteroatoms. The monoisotopic (exact) mass is 354 g/mol. The van der Waals surface area contributed by atoms with Crippen molar-refractivity contribution in [1.29, 1.82) is 0 Å². The van der Waals surface area contributed by atoms with Crippen LogP contribution in [0.2, 0.25) is 0 Å². The molecule has 0 amide bonds. The number of phenolic OH excluding ortho intramolecular Hbond substituents is 1. The summed E-state index contributed by atoms with van der Waals surface area (Å²) in [5, 5.41) is 9.43. The van der Waals surface area contributed by atoms with Crippen LogP contribution in [0.3, 0.4) is 0 Å². The number of hydrogen-bond acceptors (Lipinski definition) is 5. The molecule has 2 aliphatic rings. The number of anilines is 1. The van der Waals surface area contributed by atoms with Gasteiger partial charge in [-0.25, -0.2) is 4.98 Å². The fourth-order valence-electron chi connectivity index (χ4n) is 4.02. The summed E-state index contributed by atoms with van der Waals surface area (Å²) >= 11 is 0. The molecule has 0 spiro atoms. The van der Waals surface area contributed by atoms with Crippen molar-refractivity contribution in [3.05, 3.63) is 51.4 Å². The average molecular weight is 354 g/mol. The van der Waals surface area contributed by atoms with E-state index in [0.29, 0.717) is 12.6 Å². The first-order valence-corrected chi connectivity index (χ1v) is 9.49. The summed E-state index contributed by atoms with van der Waals surface area (Å²) in [6.45, 7) is 5.49. The van der Waals surface area contributed by atoms with Gasteiger partial charge in [0.1, 0.15) is 5.75 Å². The van der Waals surface area contributed by atoms with E-state index in [-0.39, 0.29) is 11.3 Å². The van der Waals surface area contributed by atoms with E-state index in [2.05, 4.69) is 21.7 Å². The van der Waals surface area contributed by atoms with Gasteiger partial charge in [-0.15, -0.1) is 0 Å². The summed E-state index contributed by atoms with van der Waals surface area (Å²) in [5.74, 6) is 1.01. The molecule has 1 saturated heterocycles. The summed E-state index contributed by atoms with van der Waals surface area (Å²) < 4.78 is 0. The number of aromatic amines is 1. The number of benzene rings is 1. The van der Waals surface area contributed by atoms with Crippen LogP contribution in [0.25, 0.3) is 0 Å². The molecule has 4 rings (SSSR count). The number of nitrogens with zero attached hydrogens (tertiary/aromatic N) is 3. The van der Waals surface area contributed by atoms with E-state index in [1.807, 2.05) is 12.1 Å². The molecular formula is C20H26N4O2. The molecule has 2 N–H and O–H groups in total. The van der Waals surface area contributed by atoms with Gasteiger partial charge in [0.15, 0.2) is 0 Å². The van der Waals surface area contributed by atoms with Gasteiger partial charge < -0.3 is 10.0 Å². The Hall–Kier alpha value is -2.34. The van der Waals surface area contributed by atoms with E-state index in [4.69, 9.17) is 4.98 Å². The van der Waals surface area contributed by atoms with Crippen LogP contribution in [0.15, 0.2) is 29.1 Å². The number of aromatic nitrogens is 2. The maximum atomic E-state index is 12.6. The highest BCUT2D eigenvalue weighted by Gasteiger charge is 2.25. The van der Waals surface area contributed by atoms with E-state index in [0.717, 1.165) is 61.7 Å². The lowest BCUT2D eigenvalue weighted by molar-refractivity contribution is 0.240. The maximum absolute atomic E-state index is 12.6. The molecule has 1 aromatic heterocycles. The number of phenols is 1. The van der Waals surface area contributed by atoms with Crippen LogP contribution in [-0.4, -0.2) is 39.1 Å². The molecule has 0 unspecified atom stereocenters. The Balaban J connectivity index is 1.55. The van der Waals surface area contributed by atoms with Crippen molar-refractivity contribution in [3.8, 4) is 5.75 Å². The van der Waals surface area contributed by atoms with Crippen molar-refractivity contribution < 1.29 is 5.11 Å². The molecule has 6 nitrogen and oxygen atoms in total. The molecule has 1 fully saturated rings. The van der Waals surface area contributed by atoms with Gasteiger partial charge in [-0.2, -0.15) is 0 Å². The predicted molar refractivity (Wildman–Crippen MR) is 101 cm³/mol. The zero-order valence-corrected chi connectivity index (χ0v) is 15.2. The van der Waals surface area contributed by atoms with Crippen LogP contribution in [-0.2, 0) is 19.5 Å². The van der Waals surface area contributed by atoms with Gasteiger partial charge in [-0.05, 0) is 50.3 Å². The molecule has 138 valence electrons. The van der Waals surface area contributed by atoms with E-state index < -0.39 is 0 Å². The molecule has 2 aliphatic heterocycles. The van der Waals surface area contributed by atoms with E-state index in [1.165, 1.54) is 6.42 Å². The Bertz CT molecular complexity index is 831. The van der Waals surface area contributed by atoms with Crippen LogP contribution in [0.1, 0.15) is 43.0 Å². The molecule has 0 bridgehead atoms. The molecule has 3 heterocycles. The summed E-state index contributed by atoms with van der Waals surface area (Å²) in [5.41, 5.74) is 2.92. The number of hydrogen-bond donors (Lipinski definition) is 2. The van der Waals surface area contributed by atoms with Crippen molar-refractivity contribution >= 4 is 5.95 Å². The Morgan fingerprint density at radius 3 is 2.81 bits per heavy atom. The minimum atomic E-state index is 0.0204. The van der Waals surface area contributed by atoms with Gasteiger partial charge in [0, 0.05) is 37.8 Å². The molecular weight excluding hydrogens is 328 g/mol. The number of nitrogens with one attached hydrogen (secondary N) is 1. The van der Waals surface area contributed by atoms with E-state index >= 15 is 0 Å². The first-order chi connectivity index (χ1) is 12.6. The van der Waals surface area contributed by atoms with Crippen LogP contribution >= 0.6 is 0 Å². The number of H-pyrrole nitrogens is 1. The van der Waals surface area contributed by atoms with Crippen molar-refractivity contribution in [2.24, 2.45) is 0 Å². The normalized spacial score (nSPS) is 20.8. The highest BCUT2D eigenvalue weighted by molar-refractivity contribution is 5.36. The second-order valence-corrected chi connectivity index (χ2v) is 7.48. The largest absolute Gasteiger partial charge is 0.508 e. The molecule has 2 aromatic rings. The Morgan fingerprint density at radius 1 is 1.23 bits per heavy atom. The number of fused-ring (bicyclic) bond motifs is 1. The van der Waals surface area contributed by atoms with Gasteiger partial charge in [-0.1, -0.05) is 12.1 Å². The Kier molecular flexibility index (Phi) is 4.68. The number of piperidine rings is 1. The topological polar surface area (TPSA) is 72.5 Å². The zero-order chi connectivity index (χ0) is 18.1. The number of rotatable bonds is 3. The molecule has 26 heavy (non-hydrogen) atoms. The molecule has 0 radical (unpaired) electrons. The smallest absolute Gasteiger partial charge is 0.255 e. The Labute approximate surface area is 153 Å². The van der Waals surface area contributed by atoms with Gasteiger partial charge >= 0.3 is 0 Å². The third kappa shape index (κ3) is 3.46. The van der Waals surface area contributed by atoms with Crippen LogP contribution in [0.4, 0.5) is 5.95 Å². The quantitative estimate of drug-likeness (QED) is 0.886. The lowest BCUT2D eigenvalue weighted by Crippen LogP contribution is -2.41. The minimum Gasteiger partial charge on any atom is -0.508 e. The summed E-state index contributed by atoms with van der Waals surface area (Å²) in [4.78, 5) is 25.0. The fraction of sp³-hybridized carbons (Fsp3) is 0.500. The molecule has 1 aromatic carbocycles. The third-order valence-corrected chi connectivity index (χ3v) is 5.56. The maximum Gasteiger partial charge on any atom is 0.255 e. The van der Waals surface area contributed by atoms with Gasteiger partial charge in [0.05, 0.1) is 5.69 Å². The third-order valence-electron chi connectivity index (χ3n) is 5.56. The summed E-state index contributed by atoms with van der Waals surface area (Å²) in [6, 6.07) is 7.73. The Morgan fingerprint density at radius 2 is 2.04 bits per heavy atom. The van der Waals surface area contributed by atoms with E-state index in [9.17, 15) is 9.90 Å². The SMILES string of the molecule is C[C@H]1CCCCN1c1nc2c(c(=O)[nH]1)CCN(Cc1ccc(O)cc1)C2. The van der Waals surface area contributed by atoms with Crippen LogP contribution in [0.5, 0.6) is 5.75 Å². The van der Waals surface area contributed by atoms with Gasteiger partial charge in [-0.3, -0.25) is 14.7 Å². The minimum absolute atomic E-state index is 0.0204. The zero-order valence-electron chi connectivity index (χ0n) is 15.2. The standard InChI is InChI=1S/C20H26N4O2/c1-14-4-2-3-10-24(14)20-21-18-13-23(11-9-17(18)19(26)22-20)12-15-5-7-16(25)8-6-15/h5-8,14,25H,2-4,9-13H2,1H3,(H,21,22,26)/t14-/m0/s1. The van der Waals surface area contributed by atoms with Gasteiger partial charge in [0.2, 0.25) is 5.95 Å². The van der Waals surface area contributed by atoms with E-state index in [1.54, 1.807) is 12.1 Å². The van der Waals surface area contributed by atoms with Crippen molar-refractivity contribution in [1.82, 2.24) is 14.9 Å². The molecule has 0 saturated carbocycles. The van der Waals surface area contributed by atoms with Crippen molar-refractivity contribution in [2.75, 3.05) is 18.0 Å². The fourth-order valence-corrected chi connectivity index (χ4v) is 4.02. The highest BCUT2D eigenvalue weighted by atomic mass is 16.3. The lowest BCUT2D eigenvalue weighted by atomic mass is 10.0. The van der Waals surface area contributed by atoms with Crippen LogP contribution in [0, 0.1) is 0 Å². The average Bonchev–Trinajstić information content (AvgIpc) is 2.64.